The summed E-state index contributed by atoms with van der Waals surface area (Å²) in [6.45, 7) is 9.90. The quantitative estimate of drug-likeness (QED) is 0.692. The maximum atomic E-state index is 12.1. The van der Waals surface area contributed by atoms with E-state index in [9.17, 15) is 9.59 Å². The van der Waals surface area contributed by atoms with Crippen LogP contribution in [0.1, 0.15) is 53.4 Å². The fraction of sp³-hybridized carbons (Fsp3) is 0.545. The van der Waals surface area contributed by atoms with E-state index in [4.69, 9.17) is 0 Å². The first-order valence-corrected chi connectivity index (χ1v) is 9.94. The van der Waals surface area contributed by atoms with Gasteiger partial charge in [-0.1, -0.05) is 34.9 Å². The summed E-state index contributed by atoms with van der Waals surface area (Å²) >= 11 is 0. The van der Waals surface area contributed by atoms with Gasteiger partial charge in [0.1, 0.15) is 11.5 Å². The molecule has 0 spiro atoms. The largest absolute Gasteiger partial charge is 0.349 e. The first-order valence-electron chi connectivity index (χ1n) is 9.94. The van der Waals surface area contributed by atoms with Crippen LogP contribution in [0.5, 0.6) is 0 Å². The number of hydrogen-bond donors (Lipinski definition) is 1. The van der Waals surface area contributed by atoms with E-state index < -0.39 is 0 Å². The highest BCUT2D eigenvalue weighted by Gasteiger charge is 2.28. The van der Waals surface area contributed by atoms with Crippen LogP contribution in [0, 0.1) is 0 Å². The second-order valence-corrected chi connectivity index (χ2v) is 8.01. The third-order valence-corrected chi connectivity index (χ3v) is 5.12. The zero-order valence-corrected chi connectivity index (χ0v) is 18.1. The van der Waals surface area contributed by atoms with E-state index in [2.05, 4.69) is 55.8 Å². The molecule has 0 radical (unpaired) electrons. The number of allylic oxidation sites excluding steroid dienone is 5. The highest BCUT2D eigenvalue weighted by Crippen LogP contribution is 2.29. The van der Waals surface area contributed by atoms with E-state index in [0.29, 0.717) is 24.7 Å². The number of hydrogen-bond acceptors (Lipinski definition) is 4. The maximum Gasteiger partial charge on any atom is 0.329 e. The highest BCUT2D eigenvalue weighted by atomic mass is 16.2. The van der Waals surface area contributed by atoms with E-state index in [1.165, 1.54) is 21.3 Å². The van der Waals surface area contributed by atoms with Crippen LogP contribution in [-0.2, 0) is 7.05 Å². The topological polar surface area (TPSA) is 61.3 Å². The van der Waals surface area contributed by atoms with Gasteiger partial charge >= 0.3 is 5.69 Å². The number of aromatic amines is 1. The molecule has 1 aromatic rings. The average molecular weight is 387 g/mol. The molecule has 0 saturated carbocycles. The lowest BCUT2D eigenvalue weighted by molar-refractivity contribution is 0.772. The molecule has 154 valence electrons. The molecular weight excluding hydrogens is 352 g/mol. The summed E-state index contributed by atoms with van der Waals surface area (Å²) < 4.78 is 1.52. The van der Waals surface area contributed by atoms with Gasteiger partial charge < -0.3 is 9.80 Å². The van der Waals surface area contributed by atoms with Crippen molar-refractivity contribution in [1.29, 1.82) is 0 Å². The Kier molecular flexibility index (Phi) is 7.49. The molecule has 0 aliphatic carbocycles. The molecular formula is C22H34N4O2. The van der Waals surface area contributed by atoms with Crippen molar-refractivity contribution in [3.05, 3.63) is 55.8 Å². The number of aromatic nitrogens is 2. The average Bonchev–Trinajstić information content (AvgIpc) is 2.94. The molecule has 0 unspecified atom stereocenters. The van der Waals surface area contributed by atoms with Crippen molar-refractivity contribution in [2.45, 2.75) is 53.4 Å². The van der Waals surface area contributed by atoms with Gasteiger partial charge in [-0.3, -0.25) is 14.3 Å². The minimum Gasteiger partial charge on any atom is -0.349 e. The lowest BCUT2D eigenvalue weighted by Gasteiger charge is -2.19. The van der Waals surface area contributed by atoms with Gasteiger partial charge in [0, 0.05) is 20.6 Å². The second kappa shape index (κ2) is 9.62. The van der Waals surface area contributed by atoms with Crippen LogP contribution in [0.4, 0.5) is 11.5 Å². The molecule has 2 rings (SSSR count). The Hall–Kier alpha value is -2.50. The van der Waals surface area contributed by atoms with Crippen LogP contribution in [0.25, 0.3) is 0 Å². The Bertz CT molecular complexity index is 898. The van der Waals surface area contributed by atoms with Crippen molar-refractivity contribution in [3.8, 4) is 0 Å². The summed E-state index contributed by atoms with van der Waals surface area (Å²) in [5.41, 5.74) is 3.99. The molecule has 0 fully saturated rings. The van der Waals surface area contributed by atoms with Crippen LogP contribution in [-0.4, -0.2) is 29.8 Å². The highest BCUT2D eigenvalue weighted by molar-refractivity contribution is 5.71. The maximum absolute atomic E-state index is 12.1. The van der Waals surface area contributed by atoms with Gasteiger partial charge in [0.25, 0.3) is 5.56 Å². The van der Waals surface area contributed by atoms with Crippen molar-refractivity contribution in [2.24, 2.45) is 7.05 Å². The third-order valence-electron chi connectivity index (χ3n) is 5.12. The number of nitrogens with one attached hydrogen (secondary N) is 1. The minimum atomic E-state index is -0.376. The van der Waals surface area contributed by atoms with Crippen LogP contribution < -0.4 is 21.0 Å². The van der Waals surface area contributed by atoms with Crippen molar-refractivity contribution >= 4 is 11.5 Å². The van der Waals surface area contributed by atoms with Gasteiger partial charge in [-0.15, -0.1) is 0 Å². The zero-order valence-electron chi connectivity index (χ0n) is 18.1. The molecule has 1 aliphatic rings. The number of fused-ring (bicyclic) bond motifs is 1. The number of rotatable bonds is 8. The van der Waals surface area contributed by atoms with Crippen LogP contribution in [0.3, 0.4) is 0 Å². The fourth-order valence-corrected chi connectivity index (χ4v) is 3.45. The Morgan fingerprint density at radius 1 is 0.964 bits per heavy atom. The van der Waals surface area contributed by atoms with Crippen molar-refractivity contribution in [3.63, 3.8) is 0 Å². The number of anilines is 2. The summed E-state index contributed by atoms with van der Waals surface area (Å²) in [4.78, 5) is 30.4. The summed E-state index contributed by atoms with van der Waals surface area (Å²) in [5.74, 6) is 0.690. The lowest BCUT2D eigenvalue weighted by Crippen LogP contribution is -2.32. The standard InChI is InChI=1S/C22H34N4O2/c1-16(2)9-7-10-17(3)11-8-12-18(4)13-14-26-15-24(5)19-20(27)23-22(28)25(6)21(19)26/h9,11,13H,7-8,10,12,14-15H2,1-6H3,(H,23,27,28). The normalized spacial score (nSPS) is 14.5. The number of nitrogens with zero attached hydrogens (tertiary/aromatic N) is 3. The molecule has 1 aliphatic heterocycles. The van der Waals surface area contributed by atoms with Crippen LogP contribution in [0.15, 0.2) is 44.5 Å². The van der Waals surface area contributed by atoms with Crippen molar-refractivity contribution in [2.75, 3.05) is 30.1 Å². The Morgan fingerprint density at radius 2 is 1.57 bits per heavy atom. The van der Waals surface area contributed by atoms with Gasteiger partial charge in [0.05, 0.1) is 6.67 Å². The summed E-state index contributed by atoms with van der Waals surface area (Å²) in [6, 6.07) is 0. The van der Waals surface area contributed by atoms with Crippen LogP contribution in [0.2, 0.25) is 0 Å². The summed E-state index contributed by atoms with van der Waals surface area (Å²) in [5, 5.41) is 0. The zero-order chi connectivity index (χ0) is 20.8. The van der Waals surface area contributed by atoms with E-state index in [-0.39, 0.29) is 11.2 Å². The Morgan fingerprint density at radius 3 is 2.21 bits per heavy atom. The second-order valence-electron chi connectivity index (χ2n) is 8.01. The van der Waals surface area contributed by atoms with E-state index in [1.54, 1.807) is 7.05 Å². The van der Waals surface area contributed by atoms with E-state index in [0.717, 1.165) is 25.7 Å². The third kappa shape index (κ3) is 5.50. The molecule has 1 aromatic heterocycles. The van der Waals surface area contributed by atoms with Crippen LogP contribution >= 0.6 is 0 Å². The van der Waals surface area contributed by atoms with Gasteiger partial charge in [-0.25, -0.2) is 4.79 Å². The predicted molar refractivity (Wildman–Crippen MR) is 118 cm³/mol. The summed E-state index contributed by atoms with van der Waals surface area (Å²) in [7, 11) is 3.57. The van der Waals surface area contributed by atoms with E-state index >= 15 is 0 Å². The first kappa shape index (κ1) is 21.8. The molecule has 0 amide bonds. The SMILES string of the molecule is CC(C)=CCCC(C)=CCCC(C)=CCN1CN(C)c2c1n(C)c(=O)[nH]c2=O. The molecule has 0 saturated heterocycles. The fourth-order valence-electron chi connectivity index (χ4n) is 3.45. The Balaban J connectivity index is 1.96. The lowest BCUT2D eigenvalue weighted by atomic mass is 10.1. The molecule has 0 bridgehead atoms. The Labute approximate surface area is 167 Å². The molecule has 6 nitrogen and oxygen atoms in total. The van der Waals surface area contributed by atoms with Crippen molar-refractivity contribution < 1.29 is 0 Å². The monoisotopic (exact) mass is 386 g/mol. The smallest absolute Gasteiger partial charge is 0.329 e. The van der Waals surface area contributed by atoms with Gasteiger partial charge in [-0.2, -0.15) is 0 Å². The first-order chi connectivity index (χ1) is 13.2. The van der Waals surface area contributed by atoms with Crippen molar-refractivity contribution in [1.82, 2.24) is 9.55 Å². The molecule has 2 heterocycles. The summed E-state index contributed by atoms with van der Waals surface area (Å²) in [6.07, 6.45) is 11.1. The molecule has 1 N–H and O–H groups in total. The predicted octanol–water partition coefficient (Wildman–Crippen LogP) is 3.71. The molecule has 0 atom stereocenters. The van der Waals surface area contributed by atoms with Gasteiger partial charge in [0.15, 0.2) is 0 Å². The molecule has 0 aromatic carbocycles. The molecule has 6 heteroatoms. The van der Waals surface area contributed by atoms with E-state index in [1.807, 2.05) is 11.9 Å². The minimum absolute atomic E-state index is 0.322. The van der Waals surface area contributed by atoms with Gasteiger partial charge in [0.2, 0.25) is 0 Å². The molecule has 28 heavy (non-hydrogen) atoms. The number of H-pyrrole nitrogens is 1. The van der Waals surface area contributed by atoms with Gasteiger partial charge in [-0.05, 0) is 53.4 Å².